The smallest absolute Gasteiger partial charge is 0.189 e. The van der Waals surface area contributed by atoms with Gasteiger partial charge in [-0.1, -0.05) is 0 Å². The average Bonchev–Trinajstić information content (AvgIpc) is 3.35. The lowest BCUT2D eigenvalue weighted by Gasteiger charge is -2.67. The molecule has 0 amide bonds. The molecular weight excluding hydrogens is 974 g/mol. The van der Waals surface area contributed by atoms with Gasteiger partial charge in [0.05, 0.1) is 39.6 Å². The Kier molecular flexibility index (Phi) is 18.6. The largest absolute Gasteiger partial charge is 0.394 e. The van der Waals surface area contributed by atoms with Crippen LogP contribution in [0.4, 0.5) is 0 Å². The molecule has 0 radical (unpaired) electrons. The highest BCUT2D eigenvalue weighted by atomic mass is 16.8. The van der Waals surface area contributed by atoms with Crippen LogP contribution in [0.1, 0.15) is 0 Å². The van der Waals surface area contributed by atoms with Crippen LogP contribution in [0, 0.1) is 0 Å². The van der Waals surface area contributed by atoms with Crippen LogP contribution in [0.15, 0.2) is 0 Å². The molecule has 6 aliphatic rings. The van der Waals surface area contributed by atoms with E-state index in [-0.39, 0.29) is 4.90 Å². The number of hydrogen-bond donors (Lipinski definition) is 24. The molecule has 30 atom stereocenters. The molecule has 70 heavy (non-hydrogen) atoms. The van der Waals surface area contributed by atoms with Gasteiger partial charge >= 0.3 is 0 Å². The van der Waals surface area contributed by atoms with Gasteiger partial charge < -0.3 is 165 Å². The number of ether oxygens (including phenoxy) is 9. The zero-order valence-electron chi connectivity index (χ0n) is 36.2. The van der Waals surface area contributed by atoms with Gasteiger partial charge in [0, 0.05) is 0 Å². The Labute approximate surface area is 392 Å². The molecule has 410 valence electrons. The molecule has 0 spiro atoms. The topological polar surface area (TPSA) is 572 Å². The van der Waals surface area contributed by atoms with Crippen molar-refractivity contribution in [2.45, 2.75) is 183 Å². The van der Waals surface area contributed by atoms with Gasteiger partial charge in [-0.05, 0) is 0 Å². The Bertz CT molecular complexity index is 1490. The van der Waals surface area contributed by atoms with Gasteiger partial charge in [0.1, 0.15) is 128 Å². The highest BCUT2D eigenvalue weighted by molar-refractivity contribution is 5.16. The van der Waals surface area contributed by atoms with E-state index < -0.39 is 223 Å². The average molecular weight is 1040 g/mol. The maximum absolute atomic E-state index is 12.1. The van der Waals surface area contributed by atoms with Crippen LogP contribution in [0.5, 0.6) is 0 Å². The zero-order valence-corrected chi connectivity index (χ0v) is 36.2. The Morgan fingerprint density at radius 2 is 0.543 bits per heavy atom. The summed E-state index contributed by atoms with van der Waals surface area (Å²) in [4.78, 5) is -0.169. The lowest BCUT2D eigenvalue weighted by atomic mass is 9.81. The van der Waals surface area contributed by atoms with Crippen molar-refractivity contribution >= 4 is 0 Å². The highest BCUT2D eigenvalue weighted by Gasteiger charge is 2.75. The van der Waals surface area contributed by atoms with E-state index in [0.717, 1.165) is 0 Å². The standard InChI is InChI=1S/C36H63NO33/c38-1-7-22(10(44)16(50)28(59)62-7)65-31-19(53)13(47)25(56)34(4-41,68-31)37(35(5-42)26(57)14(48)20(54)32(69-35)66-23-8(2-39)63-29(60)17(51)11(23)45)36(6-43)27(58)15(49)21(55)33(70-36)67-24-9(3-40)64-30(61)18(52)12(24)46/h7-33,38-61H,1-6H2/t7-,8-,9-,10-,11-,12-,13-,14-,15-,16-,17-,18-,19-,20-,21-,22-,23-,24-,25-,26-,27-,28-,29-,30-,31+,32+,33+,34-,35-,36-/m1/s1. The van der Waals surface area contributed by atoms with Gasteiger partial charge in [0.2, 0.25) is 0 Å². The van der Waals surface area contributed by atoms with Gasteiger partial charge in [-0.2, -0.15) is 0 Å². The first-order chi connectivity index (χ1) is 32.8. The number of nitrogens with zero attached hydrogens (tertiary/aromatic N) is 1. The van der Waals surface area contributed by atoms with Gasteiger partial charge in [0.25, 0.3) is 0 Å². The summed E-state index contributed by atoms with van der Waals surface area (Å²) in [6, 6.07) is 0. The summed E-state index contributed by atoms with van der Waals surface area (Å²) < 4.78 is 49.8. The van der Waals surface area contributed by atoms with E-state index in [0.29, 0.717) is 0 Å². The first-order valence-electron chi connectivity index (χ1n) is 21.5. The minimum atomic E-state index is -3.80. The molecule has 34 nitrogen and oxygen atoms in total. The Hall–Kier alpha value is -1.36. The summed E-state index contributed by atoms with van der Waals surface area (Å²) in [5.41, 5.74) is -11.4. The molecule has 0 aromatic rings. The third-order valence-electron chi connectivity index (χ3n) is 13.4. The van der Waals surface area contributed by atoms with Crippen molar-refractivity contribution in [2.75, 3.05) is 39.6 Å². The van der Waals surface area contributed by atoms with E-state index in [1.165, 1.54) is 0 Å². The first kappa shape index (κ1) is 57.9. The zero-order chi connectivity index (χ0) is 52.3. The van der Waals surface area contributed by atoms with E-state index in [1.54, 1.807) is 0 Å². The molecule has 0 aromatic heterocycles. The normalized spacial score (nSPS) is 54.9. The fraction of sp³-hybridized carbons (Fsp3) is 1.00. The summed E-state index contributed by atoms with van der Waals surface area (Å²) in [7, 11) is 0. The number of rotatable bonds is 15. The summed E-state index contributed by atoms with van der Waals surface area (Å²) in [6.45, 7) is -9.51. The molecular formula is C36H63NO33. The summed E-state index contributed by atoms with van der Waals surface area (Å²) in [6.07, 6.45) is -66.2. The summed E-state index contributed by atoms with van der Waals surface area (Å²) in [5.74, 6) is 0. The molecule has 6 heterocycles. The lowest BCUT2D eigenvalue weighted by Crippen LogP contribution is -2.90. The first-order valence-corrected chi connectivity index (χ1v) is 21.5. The summed E-state index contributed by atoms with van der Waals surface area (Å²) in [5, 5.41) is 264. The molecule has 0 bridgehead atoms. The van der Waals surface area contributed by atoms with Crippen molar-refractivity contribution in [1.29, 1.82) is 0 Å². The fourth-order valence-corrected chi connectivity index (χ4v) is 9.48. The van der Waals surface area contributed by atoms with E-state index in [2.05, 4.69) is 0 Å². The van der Waals surface area contributed by atoms with Crippen molar-refractivity contribution in [3.05, 3.63) is 0 Å². The van der Waals surface area contributed by atoms with Crippen LogP contribution in [0.2, 0.25) is 0 Å². The Balaban J connectivity index is 1.57. The molecule has 6 saturated heterocycles. The van der Waals surface area contributed by atoms with Gasteiger partial charge in [-0.15, -0.1) is 0 Å². The minimum absolute atomic E-state index is 0.169. The second-order valence-electron chi connectivity index (χ2n) is 17.6. The second kappa shape index (κ2) is 22.5. The van der Waals surface area contributed by atoms with Gasteiger partial charge in [0.15, 0.2) is 54.9 Å². The van der Waals surface area contributed by atoms with Crippen LogP contribution in [-0.2, 0) is 42.6 Å². The molecule has 6 rings (SSSR count). The SMILES string of the molecule is OC[C@H]1O[C@@H](O)[C@H](O)[C@@H](O)[C@@H]1O[C@H]1O[C@@](CO)(N([C@]2(CO)O[C@H](O[C@H]3[C@H](O)[C@@H](O)[C@H](O)O[C@@H]3CO)[C@H](O)[C@@H](O)[C@H]2O)[C@]2(CO)O[C@H](O[C@H]3[C@H](O)[C@@H](O)[C@H](O)O[C@@H]3CO)[C@H](O)[C@@H](O)[C@H]2O)[C@H](O)[C@H](O)[C@H]1O. The third kappa shape index (κ3) is 9.63. The van der Waals surface area contributed by atoms with Crippen molar-refractivity contribution in [1.82, 2.24) is 4.90 Å². The predicted molar refractivity (Wildman–Crippen MR) is 205 cm³/mol. The van der Waals surface area contributed by atoms with Crippen molar-refractivity contribution in [3.63, 3.8) is 0 Å². The van der Waals surface area contributed by atoms with Gasteiger partial charge in [-0.25, -0.2) is 4.90 Å². The van der Waals surface area contributed by atoms with Crippen LogP contribution in [0.25, 0.3) is 0 Å². The monoisotopic (exact) mass is 1040 g/mol. The minimum Gasteiger partial charge on any atom is -0.394 e. The lowest BCUT2D eigenvalue weighted by molar-refractivity contribution is -0.505. The maximum atomic E-state index is 12.1. The quantitative estimate of drug-likeness (QED) is 0.0724. The summed E-state index contributed by atoms with van der Waals surface area (Å²) >= 11 is 0. The van der Waals surface area contributed by atoms with Crippen LogP contribution >= 0.6 is 0 Å². The molecule has 0 aromatic carbocycles. The van der Waals surface area contributed by atoms with Crippen molar-refractivity contribution in [3.8, 4) is 0 Å². The Morgan fingerprint density at radius 1 is 0.314 bits per heavy atom. The molecule has 0 unspecified atom stereocenters. The maximum Gasteiger partial charge on any atom is 0.189 e. The van der Waals surface area contributed by atoms with Gasteiger partial charge in [-0.3, -0.25) is 0 Å². The number of aliphatic hydroxyl groups excluding tert-OH is 24. The van der Waals surface area contributed by atoms with Crippen molar-refractivity contribution in [2.24, 2.45) is 0 Å². The van der Waals surface area contributed by atoms with E-state index in [9.17, 15) is 123 Å². The second-order valence-corrected chi connectivity index (χ2v) is 17.6. The van der Waals surface area contributed by atoms with E-state index >= 15 is 0 Å². The predicted octanol–water partition coefficient (Wildman–Crippen LogP) is -16.9. The molecule has 6 aliphatic heterocycles. The van der Waals surface area contributed by atoms with Crippen LogP contribution < -0.4 is 0 Å². The highest BCUT2D eigenvalue weighted by Crippen LogP contribution is 2.51. The molecule has 0 aliphatic carbocycles. The van der Waals surface area contributed by atoms with Crippen molar-refractivity contribution < 1.29 is 165 Å². The number of hydrogen-bond acceptors (Lipinski definition) is 34. The molecule has 6 fully saturated rings. The van der Waals surface area contributed by atoms with Crippen LogP contribution in [0.3, 0.4) is 0 Å². The van der Waals surface area contributed by atoms with E-state index in [1.807, 2.05) is 0 Å². The Morgan fingerprint density at radius 3 is 0.743 bits per heavy atom. The molecule has 0 saturated carbocycles. The van der Waals surface area contributed by atoms with E-state index in [4.69, 9.17) is 42.6 Å². The molecule has 24 N–H and O–H groups in total. The fourth-order valence-electron chi connectivity index (χ4n) is 9.48. The number of aliphatic hydroxyl groups is 24. The third-order valence-corrected chi connectivity index (χ3v) is 13.4. The van der Waals surface area contributed by atoms with Crippen LogP contribution in [-0.4, -0.2) is 350 Å². The molecule has 34 heteroatoms.